The standard InChI is InChI=1S/C19H30ClN3O3S/c1-3-26-17(24)19(8-12-25-2)7-6-9-22(14-19)13-15-16(20)21-18(27-15)23-10-4-5-11-23/h3-14H2,1-2H3/t19-/m1/s1. The molecule has 0 aromatic carbocycles. The maximum atomic E-state index is 12.7. The van der Waals surface area contributed by atoms with Crippen LogP contribution in [0.15, 0.2) is 0 Å². The number of nitrogens with zero attached hydrogens (tertiary/aromatic N) is 3. The van der Waals surface area contributed by atoms with E-state index in [4.69, 9.17) is 21.1 Å². The molecule has 0 saturated carbocycles. The number of piperidine rings is 1. The number of methoxy groups -OCH3 is 1. The van der Waals surface area contributed by atoms with Gasteiger partial charge in [-0.15, -0.1) is 0 Å². The molecule has 152 valence electrons. The first kappa shape index (κ1) is 20.8. The number of rotatable bonds is 8. The highest BCUT2D eigenvalue weighted by atomic mass is 35.5. The lowest BCUT2D eigenvalue weighted by molar-refractivity contribution is -0.160. The van der Waals surface area contributed by atoms with Gasteiger partial charge in [-0.05, 0) is 45.6 Å². The molecule has 3 heterocycles. The molecule has 1 atom stereocenters. The summed E-state index contributed by atoms with van der Waals surface area (Å²) in [5.41, 5.74) is -0.487. The number of ether oxygens (including phenoxy) is 2. The normalized spacial score (nSPS) is 23.7. The maximum absolute atomic E-state index is 12.7. The van der Waals surface area contributed by atoms with Gasteiger partial charge >= 0.3 is 5.97 Å². The summed E-state index contributed by atoms with van der Waals surface area (Å²) in [6, 6.07) is 0. The predicted octanol–water partition coefficient (Wildman–Crippen LogP) is 3.58. The third-order valence-corrected chi connectivity index (χ3v) is 7.06. The van der Waals surface area contributed by atoms with Crippen LogP contribution in [-0.4, -0.2) is 62.4 Å². The Labute approximate surface area is 170 Å². The van der Waals surface area contributed by atoms with Gasteiger partial charge in [0.15, 0.2) is 5.13 Å². The van der Waals surface area contributed by atoms with E-state index in [-0.39, 0.29) is 5.97 Å². The number of thiazole rings is 1. The van der Waals surface area contributed by atoms with Gasteiger partial charge in [-0.25, -0.2) is 4.98 Å². The van der Waals surface area contributed by atoms with E-state index < -0.39 is 5.41 Å². The van der Waals surface area contributed by atoms with E-state index in [1.165, 1.54) is 12.8 Å². The topological polar surface area (TPSA) is 54.9 Å². The van der Waals surface area contributed by atoms with Crippen LogP contribution in [-0.2, 0) is 20.8 Å². The minimum atomic E-state index is -0.487. The summed E-state index contributed by atoms with van der Waals surface area (Å²) in [7, 11) is 1.68. The monoisotopic (exact) mass is 415 g/mol. The zero-order valence-corrected chi connectivity index (χ0v) is 17.9. The minimum absolute atomic E-state index is 0.0973. The van der Waals surface area contributed by atoms with E-state index in [1.807, 2.05) is 6.92 Å². The fraction of sp³-hybridized carbons (Fsp3) is 0.789. The van der Waals surface area contributed by atoms with Crippen molar-refractivity contribution in [1.29, 1.82) is 0 Å². The molecule has 2 aliphatic heterocycles. The Balaban J connectivity index is 1.70. The lowest BCUT2D eigenvalue weighted by Gasteiger charge is -2.40. The Morgan fingerprint density at radius 2 is 2.07 bits per heavy atom. The van der Waals surface area contributed by atoms with Crippen molar-refractivity contribution in [1.82, 2.24) is 9.88 Å². The van der Waals surface area contributed by atoms with Gasteiger partial charge in [-0.2, -0.15) is 0 Å². The second-order valence-electron chi connectivity index (χ2n) is 7.46. The summed E-state index contributed by atoms with van der Waals surface area (Å²) in [5.74, 6) is -0.0973. The molecule has 2 saturated heterocycles. The molecular weight excluding hydrogens is 386 g/mol. The van der Waals surface area contributed by atoms with E-state index in [9.17, 15) is 4.79 Å². The minimum Gasteiger partial charge on any atom is -0.466 e. The van der Waals surface area contributed by atoms with Crippen LogP contribution in [0.25, 0.3) is 0 Å². The summed E-state index contributed by atoms with van der Waals surface area (Å²) in [6.45, 7) is 7.34. The average Bonchev–Trinajstić information content (AvgIpc) is 3.31. The van der Waals surface area contributed by atoms with Gasteiger partial charge in [0.2, 0.25) is 0 Å². The summed E-state index contributed by atoms with van der Waals surface area (Å²) in [6.07, 6.45) is 4.95. The van der Waals surface area contributed by atoms with Crippen molar-refractivity contribution < 1.29 is 14.3 Å². The second kappa shape index (κ2) is 9.54. The van der Waals surface area contributed by atoms with Gasteiger partial charge in [-0.3, -0.25) is 9.69 Å². The summed E-state index contributed by atoms with van der Waals surface area (Å²) in [4.78, 5) is 23.0. The van der Waals surface area contributed by atoms with Gasteiger partial charge in [-0.1, -0.05) is 22.9 Å². The average molecular weight is 416 g/mol. The van der Waals surface area contributed by atoms with Gasteiger partial charge in [0.05, 0.1) is 16.9 Å². The molecular formula is C19H30ClN3O3S. The molecule has 2 fully saturated rings. The highest BCUT2D eigenvalue weighted by Gasteiger charge is 2.43. The van der Waals surface area contributed by atoms with E-state index in [0.717, 1.165) is 49.0 Å². The van der Waals surface area contributed by atoms with E-state index in [1.54, 1.807) is 18.4 Å². The van der Waals surface area contributed by atoms with Gasteiger partial charge in [0.1, 0.15) is 5.15 Å². The molecule has 0 amide bonds. The summed E-state index contributed by atoms with van der Waals surface area (Å²) >= 11 is 8.13. The fourth-order valence-electron chi connectivity index (χ4n) is 4.08. The van der Waals surface area contributed by atoms with Crippen molar-refractivity contribution in [3.05, 3.63) is 10.0 Å². The van der Waals surface area contributed by atoms with Crippen molar-refractivity contribution >= 4 is 34.0 Å². The Bertz CT molecular complexity index is 636. The molecule has 0 aliphatic carbocycles. The third-order valence-electron chi connectivity index (χ3n) is 5.53. The molecule has 0 unspecified atom stereocenters. The van der Waals surface area contributed by atoms with Crippen LogP contribution in [0.2, 0.25) is 5.15 Å². The molecule has 6 nitrogen and oxygen atoms in total. The molecule has 0 radical (unpaired) electrons. The van der Waals surface area contributed by atoms with Crippen molar-refractivity contribution in [3.8, 4) is 0 Å². The zero-order chi connectivity index (χ0) is 19.3. The van der Waals surface area contributed by atoms with Crippen LogP contribution in [0, 0.1) is 5.41 Å². The van der Waals surface area contributed by atoms with Gasteiger partial charge in [0.25, 0.3) is 0 Å². The van der Waals surface area contributed by atoms with Crippen LogP contribution >= 0.6 is 22.9 Å². The zero-order valence-electron chi connectivity index (χ0n) is 16.3. The first-order valence-corrected chi connectivity index (χ1v) is 11.1. The Kier molecular flexibility index (Phi) is 7.36. The Hall–Kier alpha value is -0.890. The number of esters is 1. The largest absolute Gasteiger partial charge is 0.466 e. The number of carbonyl (C=O) groups is 1. The number of halogens is 1. The van der Waals surface area contributed by atoms with Crippen LogP contribution in [0.1, 0.15) is 43.9 Å². The van der Waals surface area contributed by atoms with Crippen LogP contribution in [0.4, 0.5) is 5.13 Å². The fourth-order valence-corrected chi connectivity index (χ4v) is 5.43. The third kappa shape index (κ3) is 4.94. The SMILES string of the molecule is CCOC(=O)[C@@]1(CCOC)CCCN(Cc2sc(N3CCCC3)nc2Cl)C1. The van der Waals surface area contributed by atoms with Gasteiger partial charge in [0, 0.05) is 39.9 Å². The predicted molar refractivity (Wildman–Crippen MR) is 109 cm³/mol. The molecule has 0 bridgehead atoms. The number of hydrogen-bond acceptors (Lipinski definition) is 7. The van der Waals surface area contributed by atoms with E-state index >= 15 is 0 Å². The molecule has 1 aromatic heterocycles. The quantitative estimate of drug-likeness (QED) is 0.605. The first-order valence-electron chi connectivity index (χ1n) is 9.86. The lowest BCUT2D eigenvalue weighted by Crippen LogP contribution is -2.48. The molecule has 0 N–H and O–H groups in total. The van der Waals surface area contributed by atoms with Crippen molar-refractivity contribution in [2.24, 2.45) is 5.41 Å². The molecule has 3 rings (SSSR count). The molecule has 2 aliphatic rings. The van der Waals surface area contributed by atoms with Crippen molar-refractivity contribution in [3.63, 3.8) is 0 Å². The van der Waals surface area contributed by atoms with E-state index in [0.29, 0.717) is 31.3 Å². The Morgan fingerprint density at radius 3 is 2.78 bits per heavy atom. The second-order valence-corrected chi connectivity index (χ2v) is 8.88. The number of likely N-dealkylation sites (tertiary alicyclic amines) is 1. The van der Waals surface area contributed by atoms with Crippen molar-refractivity contribution in [2.45, 2.75) is 45.6 Å². The van der Waals surface area contributed by atoms with E-state index in [2.05, 4.69) is 14.8 Å². The van der Waals surface area contributed by atoms with Gasteiger partial charge < -0.3 is 14.4 Å². The highest BCUT2D eigenvalue weighted by Crippen LogP contribution is 2.38. The molecule has 1 aromatic rings. The molecule has 0 spiro atoms. The summed E-state index contributed by atoms with van der Waals surface area (Å²) in [5, 5.41) is 1.63. The Morgan fingerprint density at radius 1 is 1.30 bits per heavy atom. The van der Waals surface area contributed by atoms with Crippen molar-refractivity contribution in [2.75, 3.05) is 51.4 Å². The van der Waals surface area contributed by atoms with Crippen LogP contribution < -0.4 is 4.90 Å². The smallest absolute Gasteiger partial charge is 0.313 e. The maximum Gasteiger partial charge on any atom is 0.313 e. The first-order chi connectivity index (χ1) is 13.1. The number of anilines is 1. The number of carbonyl (C=O) groups excluding carboxylic acids is 1. The summed E-state index contributed by atoms with van der Waals surface area (Å²) < 4.78 is 10.7. The highest BCUT2D eigenvalue weighted by molar-refractivity contribution is 7.16. The lowest BCUT2D eigenvalue weighted by atomic mass is 9.77. The number of hydrogen-bond donors (Lipinski definition) is 0. The molecule has 27 heavy (non-hydrogen) atoms. The van der Waals surface area contributed by atoms with Crippen LogP contribution in [0.5, 0.6) is 0 Å². The molecule has 8 heteroatoms. The van der Waals surface area contributed by atoms with Crippen LogP contribution in [0.3, 0.4) is 0 Å². The number of aromatic nitrogens is 1.